The Morgan fingerprint density at radius 2 is 1.86 bits per heavy atom. The smallest absolute Gasteiger partial charge is 0.414 e. The van der Waals surface area contributed by atoms with E-state index in [9.17, 15) is 13.4 Å². The number of ether oxygens (including phenoxy) is 1. The van der Waals surface area contributed by atoms with Crippen molar-refractivity contribution in [2.24, 2.45) is 4.99 Å². The zero-order chi connectivity index (χ0) is 26.6. The predicted molar refractivity (Wildman–Crippen MR) is 142 cm³/mol. The van der Waals surface area contributed by atoms with Gasteiger partial charge in [-0.3, -0.25) is 9.53 Å². The Hall–Kier alpha value is -3.53. The molecule has 0 radical (unpaired) electrons. The van der Waals surface area contributed by atoms with Crippen molar-refractivity contribution >= 4 is 28.7 Å². The number of amides is 1. The first-order chi connectivity index (χ1) is 17.6. The van der Waals surface area contributed by atoms with Crippen LogP contribution in [0.5, 0.6) is 0 Å². The number of hydrogen-bond donors (Lipinski definition) is 1. The summed E-state index contributed by atoms with van der Waals surface area (Å²) in [5.74, 6) is 0.784. The van der Waals surface area contributed by atoms with Gasteiger partial charge >= 0.3 is 6.09 Å². The number of aliphatic imine (C=N–C) groups is 1. The van der Waals surface area contributed by atoms with Crippen LogP contribution in [0.4, 0.5) is 15.1 Å². The van der Waals surface area contributed by atoms with Crippen molar-refractivity contribution in [3.05, 3.63) is 71.7 Å². The second-order valence-corrected chi connectivity index (χ2v) is 11.5. The lowest BCUT2D eigenvalue weighted by molar-refractivity contribution is 0.0556. The number of nitrogens with zero attached hydrogens (tertiary/aromatic N) is 3. The molecule has 0 bridgehead atoms. The number of guanidine groups is 1. The number of hydrogen-bond acceptors (Lipinski definition) is 6. The van der Waals surface area contributed by atoms with E-state index in [0.29, 0.717) is 35.9 Å². The van der Waals surface area contributed by atoms with Crippen LogP contribution in [0.25, 0.3) is 11.1 Å². The second kappa shape index (κ2) is 11.2. The predicted octanol–water partition coefficient (Wildman–Crippen LogP) is 5.21. The van der Waals surface area contributed by atoms with Gasteiger partial charge in [-0.2, -0.15) is 4.99 Å². The molecular formula is C27H31FN4O4S. The van der Waals surface area contributed by atoms with E-state index in [0.717, 1.165) is 11.1 Å². The Labute approximate surface area is 218 Å². The molecule has 0 saturated carbocycles. The van der Waals surface area contributed by atoms with E-state index in [1.807, 2.05) is 48.2 Å². The Balaban J connectivity index is 1.55. The van der Waals surface area contributed by atoms with Gasteiger partial charge in [0.05, 0.1) is 5.69 Å². The van der Waals surface area contributed by atoms with Crippen LogP contribution in [0, 0.1) is 5.82 Å². The summed E-state index contributed by atoms with van der Waals surface area (Å²) in [4.78, 5) is 18.7. The summed E-state index contributed by atoms with van der Waals surface area (Å²) in [7, 11) is -0.899. The largest absolute Gasteiger partial charge is 0.444 e. The van der Waals surface area contributed by atoms with Gasteiger partial charge in [0, 0.05) is 52.9 Å². The molecule has 2 aromatic carbocycles. The average Bonchev–Trinajstić information content (AvgIpc) is 3.31. The Morgan fingerprint density at radius 3 is 2.51 bits per heavy atom. The van der Waals surface area contributed by atoms with Gasteiger partial charge in [0.1, 0.15) is 11.4 Å². The van der Waals surface area contributed by atoms with E-state index in [2.05, 4.69) is 15.5 Å². The molecule has 1 aliphatic heterocycles. The lowest BCUT2D eigenvalue weighted by Crippen LogP contribution is -2.50. The third-order valence-electron chi connectivity index (χ3n) is 5.84. The molecule has 1 saturated heterocycles. The summed E-state index contributed by atoms with van der Waals surface area (Å²) >= 11 is 0. The number of nitrogens with one attached hydrogen (secondary N) is 1. The van der Waals surface area contributed by atoms with E-state index in [-0.39, 0.29) is 23.6 Å². The molecule has 0 aliphatic carbocycles. The molecule has 1 amide bonds. The first-order valence-electron chi connectivity index (χ1n) is 12.1. The summed E-state index contributed by atoms with van der Waals surface area (Å²) < 4.78 is 37.5. The zero-order valence-corrected chi connectivity index (χ0v) is 22.2. The summed E-state index contributed by atoms with van der Waals surface area (Å²) in [6, 6.07) is 16.2. The number of alkyl carbamates (subject to hydrolysis) is 1. The number of aromatic nitrogens is 1. The highest BCUT2D eigenvalue weighted by Crippen LogP contribution is 2.30. The highest BCUT2D eigenvalue weighted by atomic mass is 32.2. The van der Waals surface area contributed by atoms with Crippen molar-refractivity contribution in [2.75, 3.05) is 24.6 Å². The fourth-order valence-corrected chi connectivity index (χ4v) is 4.94. The molecular weight excluding hydrogens is 495 g/mol. The Kier molecular flexibility index (Phi) is 8.06. The van der Waals surface area contributed by atoms with Crippen molar-refractivity contribution in [2.45, 2.75) is 39.2 Å². The highest BCUT2D eigenvalue weighted by molar-refractivity contribution is 7.85. The lowest BCUT2D eigenvalue weighted by atomic mass is 9.95. The van der Waals surface area contributed by atoms with Crippen molar-refractivity contribution in [3.8, 4) is 11.1 Å². The van der Waals surface area contributed by atoms with Crippen LogP contribution < -0.4 is 5.32 Å². The molecule has 1 N–H and O–H groups in total. The molecule has 4 rings (SSSR count). The fraction of sp³-hybridized carbons (Fsp3) is 0.370. The molecule has 8 nitrogen and oxygen atoms in total. The van der Waals surface area contributed by atoms with Gasteiger partial charge in [0.15, 0.2) is 0 Å². The highest BCUT2D eigenvalue weighted by Gasteiger charge is 2.24. The third-order valence-corrected chi connectivity index (χ3v) is 7.12. The van der Waals surface area contributed by atoms with E-state index in [4.69, 9.17) is 9.26 Å². The molecule has 0 spiro atoms. The number of carbonyl (C=O) groups excluding carboxylic acids is 1. The fourth-order valence-electron chi connectivity index (χ4n) is 3.89. The monoisotopic (exact) mass is 526 g/mol. The lowest BCUT2D eigenvalue weighted by Gasteiger charge is -2.29. The van der Waals surface area contributed by atoms with Crippen molar-refractivity contribution < 1.29 is 22.7 Å². The minimum atomic E-state index is -0.899. The van der Waals surface area contributed by atoms with Crippen LogP contribution in [-0.4, -0.2) is 56.5 Å². The van der Waals surface area contributed by atoms with Crippen LogP contribution in [0.1, 0.15) is 44.9 Å². The van der Waals surface area contributed by atoms with Gasteiger partial charge < -0.3 is 14.2 Å². The van der Waals surface area contributed by atoms with Gasteiger partial charge in [-0.25, -0.2) is 9.18 Å². The van der Waals surface area contributed by atoms with Crippen molar-refractivity contribution in [1.29, 1.82) is 0 Å². The topological polar surface area (TPSA) is 97.0 Å². The van der Waals surface area contributed by atoms with Crippen LogP contribution in [0.2, 0.25) is 0 Å². The zero-order valence-electron chi connectivity index (χ0n) is 21.4. The van der Waals surface area contributed by atoms with Crippen LogP contribution in [-0.2, 0) is 15.5 Å². The van der Waals surface area contributed by atoms with Gasteiger partial charge in [-0.15, -0.1) is 0 Å². The van der Waals surface area contributed by atoms with Crippen LogP contribution in [0.3, 0.4) is 0 Å². The number of benzene rings is 2. The van der Waals surface area contributed by atoms with Crippen molar-refractivity contribution in [3.63, 3.8) is 0 Å². The van der Waals surface area contributed by atoms with E-state index >= 15 is 0 Å². The molecule has 3 aromatic rings. The Morgan fingerprint density at radius 1 is 1.16 bits per heavy atom. The van der Waals surface area contributed by atoms with E-state index in [1.54, 1.807) is 32.9 Å². The molecule has 37 heavy (non-hydrogen) atoms. The maximum Gasteiger partial charge on any atom is 0.414 e. The maximum absolute atomic E-state index is 14.9. The molecule has 10 heteroatoms. The number of rotatable bonds is 4. The molecule has 2 heterocycles. The van der Waals surface area contributed by atoms with Gasteiger partial charge in [-0.05, 0) is 38.0 Å². The van der Waals surface area contributed by atoms with Gasteiger partial charge in [0.25, 0.3) is 5.88 Å². The maximum atomic E-state index is 14.9. The molecule has 1 atom stereocenters. The molecule has 1 unspecified atom stereocenters. The normalized spacial score (nSPS) is 15.9. The number of carbonyl (C=O) groups is 1. The summed E-state index contributed by atoms with van der Waals surface area (Å²) in [5, 5.41) is 6.82. The summed E-state index contributed by atoms with van der Waals surface area (Å²) in [6.07, 6.45) is -0.653. The van der Waals surface area contributed by atoms with E-state index in [1.165, 1.54) is 6.07 Å². The Bertz CT molecular complexity index is 1290. The quantitative estimate of drug-likeness (QED) is 0.370. The summed E-state index contributed by atoms with van der Waals surface area (Å²) in [6.45, 7) is 8.14. The van der Waals surface area contributed by atoms with Crippen LogP contribution in [0.15, 0.2) is 64.1 Å². The average molecular weight is 527 g/mol. The SMILES string of the molecule is CC(c1ccc(-c2ccccc2)c(F)c1)c1cc(N=C(NC(=O)OC(C)(C)C)N2CCS(=O)CC2)on1. The number of halogens is 1. The third kappa shape index (κ3) is 7.03. The van der Waals surface area contributed by atoms with Gasteiger partial charge in [0.2, 0.25) is 5.96 Å². The standard InChI is InChI=1S/C27H31FN4O4S/c1-18(20-10-11-21(22(28)16-20)19-8-6-5-7-9-19)23-17-24(36-31-23)29-25(30-26(33)35-27(2,3)4)32-12-14-37(34)15-13-32/h5-11,16-18H,12-15H2,1-4H3,(H,29,30,33). The first-order valence-corrected chi connectivity index (χ1v) is 13.6. The second-order valence-electron chi connectivity index (χ2n) is 9.81. The minimum absolute atomic E-state index is 0.181. The summed E-state index contributed by atoms with van der Waals surface area (Å²) in [5.41, 5.74) is 1.97. The van der Waals surface area contributed by atoms with E-state index < -0.39 is 22.5 Å². The van der Waals surface area contributed by atoms with Crippen molar-refractivity contribution in [1.82, 2.24) is 15.4 Å². The molecule has 1 aromatic heterocycles. The first kappa shape index (κ1) is 26.5. The molecule has 196 valence electrons. The van der Waals surface area contributed by atoms with Gasteiger partial charge in [-0.1, -0.05) is 54.5 Å². The molecule has 1 fully saturated rings. The molecule has 1 aliphatic rings. The van der Waals surface area contributed by atoms with Crippen LogP contribution >= 0.6 is 0 Å². The minimum Gasteiger partial charge on any atom is -0.444 e.